The lowest BCUT2D eigenvalue weighted by atomic mass is 10.1. The normalized spacial score (nSPS) is 21.5. The van der Waals surface area contributed by atoms with Crippen LogP contribution in [-0.2, 0) is 0 Å². The number of nitrogens with one attached hydrogen (secondary N) is 2. The van der Waals surface area contributed by atoms with Crippen molar-refractivity contribution in [2.75, 3.05) is 38.5 Å². The molecule has 0 amide bonds. The molecular formula is C14H23N3. The van der Waals surface area contributed by atoms with Crippen molar-refractivity contribution in [2.24, 2.45) is 0 Å². The van der Waals surface area contributed by atoms with Crippen LogP contribution in [0.1, 0.15) is 11.1 Å². The Balaban J connectivity index is 1.92. The summed E-state index contributed by atoms with van der Waals surface area (Å²) >= 11 is 0. The number of hydrogen-bond donors (Lipinski definition) is 2. The molecule has 0 radical (unpaired) electrons. The van der Waals surface area contributed by atoms with E-state index in [0.29, 0.717) is 6.04 Å². The number of anilines is 1. The molecule has 1 atom stereocenters. The summed E-state index contributed by atoms with van der Waals surface area (Å²) in [7, 11) is 2.20. The third-order valence-corrected chi connectivity index (χ3v) is 3.55. The number of aryl methyl sites for hydroxylation is 2. The van der Waals surface area contributed by atoms with Crippen molar-refractivity contribution in [1.29, 1.82) is 0 Å². The second-order valence-corrected chi connectivity index (χ2v) is 5.04. The zero-order valence-corrected chi connectivity index (χ0v) is 11.1. The Labute approximate surface area is 104 Å². The van der Waals surface area contributed by atoms with Gasteiger partial charge in [-0.3, -0.25) is 4.90 Å². The zero-order chi connectivity index (χ0) is 12.3. The van der Waals surface area contributed by atoms with Gasteiger partial charge in [0.05, 0.1) is 0 Å². The van der Waals surface area contributed by atoms with E-state index < -0.39 is 0 Å². The molecule has 1 aromatic rings. The molecule has 0 aromatic heterocycles. The number of nitrogens with zero attached hydrogens (tertiary/aromatic N) is 1. The number of benzene rings is 1. The van der Waals surface area contributed by atoms with Gasteiger partial charge in [-0.15, -0.1) is 0 Å². The molecule has 0 saturated carbocycles. The fraction of sp³-hybridized carbons (Fsp3) is 0.571. The first-order valence-electron chi connectivity index (χ1n) is 6.39. The summed E-state index contributed by atoms with van der Waals surface area (Å²) in [6, 6.07) is 7.16. The van der Waals surface area contributed by atoms with Crippen molar-refractivity contribution in [3.8, 4) is 0 Å². The largest absolute Gasteiger partial charge is 0.383 e. The maximum Gasteiger partial charge on any atom is 0.0390 e. The Morgan fingerprint density at radius 2 is 2.24 bits per heavy atom. The van der Waals surface area contributed by atoms with Crippen LogP contribution in [0, 0.1) is 13.8 Å². The van der Waals surface area contributed by atoms with Crippen molar-refractivity contribution in [3.05, 3.63) is 29.3 Å². The smallest absolute Gasteiger partial charge is 0.0390 e. The molecule has 1 aromatic carbocycles. The summed E-state index contributed by atoms with van der Waals surface area (Å²) in [6.07, 6.45) is 0. The minimum atomic E-state index is 0.587. The van der Waals surface area contributed by atoms with Crippen LogP contribution in [0.3, 0.4) is 0 Å². The van der Waals surface area contributed by atoms with Crippen LogP contribution in [-0.4, -0.2) is 44.2 Å². The monoisotopic (exact) mass is 233 g/mol. The highest BCUT2D eigenvalue weighted by Gasteiger charge is 2.17. The topological polar surface area (TPSA) is 27.3 Å². The summed E-state index contributed by atoms with van der Waals surface area (Å²) in [6.45, 7) is 8.63. The van der Waals surface area contributed by atoms with Gasteiger partial charge in [-0.25, -0.2) is 0 Å². The summed E-state index contributed by atoms with van der Waals surface area (Å²) in [5, 5.41) is 7.00. The molecule has 1 unspecified atom stereocenters. The summed E-state index contributed by atoms with van der Waals surface area (Å²) < 4.78 is 0. The maximum atomic E-state index is 3.56. The second-order valence-electron chi connectivity index (χ2n) is 5.04. The standard InChI is InChI=1S/C14H23N3/c1-11-4-5-14(12(2)8-11)16-10-13-9-15-6-7-17(13)3/h4-5,8,13,15-16H,6-7,9-10H2,1-3H3. The molecule has 1 aliphatic rings. The van der Waals surface area contributed by atoms with E-state index in [1.54, 1.807) is 0 Å². The van der Waals surface area contributed by atoms with Gasteiger partial charge in [-0.1, -0.05) is 17.7 Å². The first-order chi connectivity index (χ1) is 8.16. The lowest BCUT2D eigenvalue weighted by Crippen LogP contribution is -2.52. The van der Waals surface area contributed by atoms with E-state index in [2.05, 4.69) is 54.6 Å². The van der Waals surface area contributed by atoms with Crippen molar-refractivity contribution < 1.29 is 0 Å². The quantitative estimate of drug-likeness (QED) is 0.831. The van der Waals surface area contributed by atoms with Gasteiger partial charge in [0.2, 0.25) is 0 Å². The number of hydrogen-bond acceptors (Lipinski definition) is 3. The molecule has 0 aliphatic carbocycles. The van der Waals surface area contributed by atoms with Crippen LogP contribution < -0.4 is 10.6 Å². The van der Waals surface area contributed by atoms with E-state index in [0.717, 1.165) is 26.2 Å². The average molecular weight is 233 g/mol. The summed E-state index contributed by atoms with van der Waals surface area (Å²) in [5.41, 5.74) is 3.91. The molecule has 17 heavy (non-hydrogen) atoms. The first kappa shape index (κ1) is 12.4. The third-order valence-electron chi connectivity index (χ3n) is 3.55. The van der Waals surface area contributed by atoms with Gasteiger partial charge in [-0.05, 0) is 32.5 Å². The van der Waals surface area contributed by atoms with Crippen molar-refractivity contribution in [2.45, 2.75) is 19.9 Å². The third kappa shape index (κ3) is 3.20. The molecule has 2 N–H and O–H groups in total. The number of piperazine rings is 1. The van der Waals surface area contributed by atoms with Gasteiger partial charge in [0.15, 0.2) is 0 Å². The average Bonchev–Trinajstić information content (AvgIpc) is 2.30. The molecule has 3 nitrogen and oxygen atoms in total. The van der Waals surface area contributed by atoms with Crippen LogP contribution >= 0.6 is 0 Å². The number of likely N-dealkylation sites (N-methyl/N-ethyl adjacent to an activating group) is 1. The van der Waals surface area contributed by atoms with Gasteiger partial charge in [0.25, 0.3) is 0 Å². The maximum absolute atomic E-state index is 3.56. The van der Waals surface area contributed by atoms with Crippen LogP contribution in [0.15, 0.2) is 18.2 Å². The van der Waals surface area contributed by atoms with E-state index in [9.17, 15) is 0 Å². The van der Waals surface area contributed by atoms with Gasteiger partial charge < -0.3 is 10.6 Å². The SMILES string of the molecule is Cc1ccc(NCC2CNCCN2C)c(C)c1. The van der Waals surface area contributed by atoms with Gasteiger partial charge in [0, 0.05) is 37.9 Å². The van der Waals surface area contributed by atoms with Crippen LogP contribution in [0.2, 0.25) is 0 Å². The predicted octanol–water partition coefficient (Wildman–Crippen LogP) is 1.62. The highest BCUT2D eigenvalue weighted by molar-refractivity contribution is 5.52. The van der Waals surface area contributed by atoms with Crippen molar-refractivity contribution >= 4 is 5.69 Å². The van der Waals surface area contributed by atoms with Gasteiger partial charge in [-0.2, -0.15) is 0 Å². The molecule has 94 valence electrons. The zero-order valence-electron chi connectivity index (χ0n) is 11.1. The minimum Gasteiger partial charge on any atom is -0.383 e. The van der Waals surface area contributed by atoms with E-state index in [1.165, 1.54) is 16.8 Å². The molecular weight excluding hydrogens is 210 g/mol. The van der Waals surface area contributed by atoms with Crippen LogP contribution in [0.25, 0.3) is 0 Å². The van der Waals surface area contributed by atoms with Gasteiger partial charge >= 0.3 is 0 Å². The Hall–Kier alpha value is -1.06. The predicted molar refractivity (Wildman–Crippen MR) is 73.7 cm³/mol. The van der Waals surface area contributed by atoms with E-state index in [-0.39, 0.29) is 0 Å². The van der Waals surface area contributed by atoms with E-state index >= 15 is 0 Å². The van der Waals surface area contributed by atoms with E-state index in [1.807, 2.05) is 0 Å². The first-order valence-corrected chi connectivity index (χ1v) is 6.39. The van der Waals surface area contributed by atoms with Crippen molar-refractivity contribution in [3.63, 3.8) is 0 Å². The highest BCUT2D eigenvalue weighted by Crippen LogP contribution is 2.16. The molecule has 1 heterocycles. The Kier molecular flexibility index (Phi) is 4.02. The molecule has 2 rings (SSSR count). The minimum absolute atomic E-state index is 0.587. The van der Waals surface area contributed by atoms with Crippen LogP contribution in [0.5, 0.6) is 0 Å². The molecule has 3 heteroatoms. The Morgan fingerprint density at radius 1 is 1.41 bits per heavy atom. The van der Waals surface area contributed by atoms with E-state index in [4.69, 9.17) is 0 Å². The lowest BCUT2D eigenvalue weighted by Gasteiger charge is -2.33. The molecule has 1 fully saturated rings. The van der Waals surface area contributed by atoms with Gasteiger partial charge in [0.1, 0.15) is 0 Å². The van der Waals surface area contributed by atoms with Crippen molar-refractivity contribution in [1.82, 2.24) is 10.2 Å². The summed E-state index contributed by atoms with van der Waals surface area (Å²) in [5.74, 6) is 0. The second kappa shape index (κ2) is 5.52. The fourth-order valence-electron chi connectivity index (χ4n) is 2.33. The lowest BCUT2D eigenvalue weighted by molar-refractivity contribution is 0.209. The highest BCUT2D eigenvalue weighted by atomic mass is 15.2. The molecule has 0 spiro atoms. The molecule has 1 aliphatic heterocycles. The Morgan fingerprint density at radius 3 is 2.94 bits per heavy atom. The van der Waals surface area contributed by atoms with Crippen LogP contribution in [0.4, 0.5) is 5.69 Å². The summed E-state index contributed by atoms with van der Waals surface area (Å²) in [4.78, 5) is 2.42. The molecule has 1 saturated heterocycles. The number of rotatable bonds is 3. The Bertz CT molecular complexity index is 376. The molecule has 0 bridgehead atoms. The fourth-order valence-corrected chi connectivity index (χ4v) is 2.33.